The summed E-state index contributed by atoms with van der Waals surface area (Å²) in [5.41, 5.74) is 2.45. The minimum absolute atomic E-state index is 0.666. The van der Waals surface area contributed by atoms with Crippen molar-refractivity contribution < 1.29 is 0 Å². The smallest absolute Gasteiger partial charge is 0.128 e. The second-order valence-corrected chi connectivity index (χ2v) is 5.76. The Morgan fingerprint density at radius 1 is 1.19 bits per heavy atom. The summed E-state index contributed by atoms with van der Waals surface area (Å²) >= 11 is 0. The fourth-order valence-electron chi connectivity index (χ4n) is 2.13. The lowest BCUT2D eigenvalue weighted by molar-refractivity contribution is 0.552. The number of anilines is 1. The van der Waals surface area contributed by atoms with Gasteiger partial charge in [-0.2, -0.15) is 0 Å². The molecule has 0 saturated heterocycles. The van der Waals surface area contributed by atoms with Gasteiger partial charge in [-0.1, -0.05) is 19.9 Å². The second kappa shape index (κ2) is 7.74. The van der Waals surface area contributed by atoms with Gasteiger partial charge in [-0.25, -0.2) is 4.98 Å². The molecular formula is C17H24N4. The van der Waals surface area contributed by atoms with Gasteiger partial charge in [0, 0.05) is 38.7 Å². The molecule has 2 heterocycles. The van der Waals surface area contributed by atoms with E-state index in [0.717, 1.165) is 25.5 Å². The molecule has 0 saturated carbocycles. The van der Waals surface area contributed by atoms with E-state index in [1.54, 1.807) is 6.20 Å². The summed E-state index contributed by atoms with van der Waals surface area (Å²) in [4.78, 5) is 10.7. The highest BCUT2D eigenvalue weighted by Gasteiger charge is 2.05. The third-order valence-corrected chi connectivity index (χ3v) is 3.23. The van der Waals surface area contributed by atoms with E-state index in [1.807, 2.05) is 18.5 Å². The number of rotatable bonds is 7. The molecule has 0 aliphatic carbocycles. The first-order valence-corrected chi connectivity index (χ1v) is 7.41. The first-order chi connectivity index (χ1) is 10.1. The maximum Gasteiger partial charge on any atom is 0.128 e. The second-order valence-electron chi connectivity index (χ2n) is 5.76. The third kappa shape index (κ3) is 5.16. The lowest BCUT2D eigenvalue weighted by atomic mass is 10.2. The van der Waals surface area contributed by atoms with Crippen molar-refractivity contribution >= 4 is 5.82 Å². The molecule has 0 aromatic carbocycles. The zero-order chi connectivity index (χ0) is 15.1. The molecule has 0 aliphatic heterocycles. The molecule has 0 amide bonds. The van der Waals surface area contributed by atoms with Crippen LogP contribution < -0.4 is 10.2 Å². The van der Waals surface area contributed by atoms with E-state index in [-0.39, 0.29) is 0 Å². The van der Waals surface area contributed by atoms with Crippen LogP contribution in [0.25, 0.3) is 0 Å². The molecule has 2 aromatic heterocycles. The first-order valence-electron chi connectivity index (χ1n) is 7.41. The molecule has 0 unspecified atom stereocenters. The number of pyridine rings is 2. The molecular weight excluding hydrogens is 260 g/mol. The van der Waals surface area contributed by atoms with Crippen LogP contribution in [0.15, 0.2) is 42.9 Å². The molecule has 2 rings (SSSR count). The normalized spacial score (nSPS) is 10.9. The molecule has 0 aliphatic rings. The van der Waals surface area contributed by atoms with Crippen molar-refractivity contribution in [2.75, 3.05) is 18.5 Å². The third-order valence-electron chi connectivity index (χ3n) is 3.23. The SMILES string of the molecule is CC(C)CNCc1ccnc(N(C)Cc2cccnc2)c1. The molecule has 4 heteroatoms. The van der Waals surface area contributed by atoms with Crippen molar-refractivity contribution in [2.45, 2.75) is 26.9 Å². The van der Waals surface area contributed by atoms with Crippen molar-refractivity contribution in [1.82, 2.24) is 15.3 Å². The summed E-state index contributed by atoms with van der Waals surface area (Å²) in [6.07, 6.45) is 5.56. The molecule has 2 aromatic rings. The maximum absolute atomic E-state index is 4.46. The van der Waals surface area contributed by atoms with E-state index < -0.39 is 0 Å². The van der Waals surface area contributed by atoms with Crippen molar-refractivity contribution in [3.05, 3.63) is 54.0 Å². The summed E-state index contributed by atoms with van der Waals surface area (Å²) in [5, 5.41) is 3.46. The lowest BCUT2D eigenvalue weighted by Gasteiger charge is -2.19. The Morgan fingerprint density at radius 3 is 2.76 bits per heavy atom. The van der Waals surface area contributed by atoms with E-state index in [0.29, 0.717) is 5.92 Å². The molecule has 112 valence electrons. The highest BCUT2D eigenvalue weighted by Crippen LogP contribution is 2.14. The predicted octanol–water partition coefficient (Wildman–Crippen LogP) is 2.86. The molecule has 0 atom stereocenters. The van der Waals surface area contributed by atoms with Gasteiger partial charge in [0.05, 0.1) is 0 Å². The Balaban J connectivity index is 1.96. The quantitative estimate of drug-likeness (QED) is 0.849. The Hall–Kier alpha value is -1.94. The number of hydrogen-bond donors (Lipinski definition) is 1. The standard InChI is InChI=1S/C17H24N4/c1-14(2)10-19-11-15-6-8-20-17(9-15)21(3)13-16-5-4-7-18-12-16/h4-9,12,14,19H,10-11,13H2,1-3H3. The Bertz CT molecular complexity index is 539. The van der Waals surface area contributed by atoms with E-state index in [2.05, 4.69) is 59.3 Å². The fraction of sp³-hybridized carbons (Fsp3) is 0.412. The van der Waals surface area contributed by atoms with E-state index >= 15 is 0 Å². The summed E-state index contributed by atoms with van der Waals surface area (Å²) < 4.78 is 0. The number of nitrogens with one attached hydrogen (secondary N) is 1. The van der Waals surface area contributed by atoms with E-state index in [1.165, 1.54) is 11.1 Å². The van der Waals surface area contributed by atoms with Gasteiger partial charge in [0.15, 0.2) is 0 Å². The largest absolute Gasteiger partial charge is 0.355 e. The van der Waals surface area contributed by atoms with Gasteiger partial charge in [-0.15, -0.1) is 0 Å². The fourth-order valence-corrected chi connectivity index (χ4v) is 2.13. The van der Waals surface area contributed by atoms with Crippen LogP contribution >= 0.6 is 0 Å². The van der Waals surface area contributed by atoms with Gasteiger partial charge in [0.1, 0.15) is 5.82 Å². The average molecular weight is 284 g/mol. The van der Waals surface area contributed by atoms with Gasteiger partial charge in [0.25, 0.3) is 0 Å². The van der Waals surface area contributed by atoms with E-state index in [4.69, 9.17) is 0 Å². The summed E-state index contributed by atoms with van der Waals surface area (Å²) in [6, 6.07) is 8.25. The topological polar surface area (TPSA) is 41.1 Å². The minimum atomic E-state index is 0.666. The molecule has 21 heavy (non-hydrogen) atoms. The van der Waals surface area contributed by atoms with Crippen LogP contribution in [0.3, 0.4) is 0 Å². The molecule has 4 nitrogen and oxygen atoms in total. The zero-order valence-corrected chi connectivity index (χ0v) is 13.1. The van der Waals surface area contributed by atoms with Gasteiger partial charge < -0.3 is 10.2 Å². The van der Waals surface area contributed by atoms with Crippen LogP contribution in [-0.4, -0.2) is 23.6 Å². The summed E-state index contributed by atoms with van der Waals surface area (Å²) in [5.74, 6) is 1.65. The average Bonchev–Trinajstić information content (AvgIpc) is 2.48. The first kappa shape index (κ1) is 15.4. The molecule has 0 radical (unpaired) electrons. The molecule has 1 N–H and O–H groups in total. The van der Waals surface area contributed by atoms with Crippen molar-refractivity contribution in [3.63, 3.8) is 0 Å². The van der Waals surface area contributed by atoms with Gasteiger partial charge in [-0.05, 0) is 41.8 Å². The Morgan fingerprint density at radius 2 is 2.05 bits per heavy atom. The van der Waals surface area contributed by atoms with Crippen molar-refractivity contribution in [2.24, 2.45) is 5.92 Å². The summed E-state index contributed by atoms with van der Waals surface area (Å²) in [6.45, 7) is 7.15. The van der Waals surface area contributed by atoms with Crippen LogP contribution in [0.1, 0.15) is 25.0 Å². The van der Waals surface area contributed by atoms with Crippen LogP contribution in [0.4, 0.5) is 5.82 Å². The Labute approximate surface area is 127 Å². The molecule has 0 bridgehead atoms. The Kier molecular flexibility index (Phi) is 5.69. The highest BCUT2D eigenvalue weighted by atomic mass is 15.2. The van der Waals surface area contributed by atoms with Crippen LogP contribution in [0.2, 0.25) is 0 Å². The van der Waals surface area contributed by atoms with Gasteiger partial charge in [-0.3, -0.25) is 4.98 Å². The van der Waals surface area contributed by atoms with Gasteiger partial charge in [0.2, 0.25) is 0 Å². The molecule has 0 fully saturated rings. The van der Waals surface area contributed by atoms with Crippen LogP contribution in [0.5, 0.6) is 0 Å². The minimum Gasteiger partial charge on any atom is -0.355 e. The van der Waals surface area contributed by atoms with Crippen LogP contribution in [-0.2, 0) is 13.1 Å². The number of hydrogen-bond acceptors (Lipinski definition) is 4. The van der Waals surface area contributed by atoms with Gasteiger partial charge >= 0.3 is 0 Å². The van der Waals surface area contributed by atoms with Crippen molar-refractivity contribution in [3.8, 4) is 0 Å². The lowest BCUT2D eigenvalue weighted by Crippen LogP contribution is -2.20. The van der Waals surface area contributed by atoms with Crippen LogP contribution in [0, 0.1) is 5.92 Å². The predicted molar refractivity (Wildman–Crippen MR) is 87.1 cm³/mol. The number of aromatic nitrogens is 2. The summed E-state index contributed by atoms with van der Waals surface area (Å²) in [7, 11) is 2.06. The molecule has 0 spiro atoms. The van der Waals surface area contributed by atoms with Crippen molar-refractivity contribution in [1.29, 1.82) is 0 Å². The highest BCUT2D eigenvalue weighted by molar-refractivity contribution is 5.40. The maximum atomic E-state index is 4.46. The zero-order valence-electron chi connectivity index (χ0n) is 13.1. The monoisotopic (exact) mass is 284 g/mol. The number of nitrogens with zero attached hydrogens (tertiary/aromatic N) is 3. The van der Waals surface area contributed by atoms with E-state index in [9.17, 15) is 0 Å².